The Kier molecular flexibility index (Phi) is 3.75. The molecule has 0 N–H and O–H groups in total. The van der Waals surface area contributed by atoms with E-state index in [0.717, 1.165) is 23.3 Å². The van der Waals surface area contributed by atoms with Gasteiger partial charge >= 0.3 is 0 Å². The Morgan fingerprint density at radius 2 is 2.36 bits per heavy atom. The molecule has 0 aliphatic carbocycles. The van der Waals surface area contributed by atoms with E-state index in [1.807, 2.05) is 19.1 Å². The molecule has 14 heavy (non-hydrogen) atoms. The molecule has 0 fully saturated rings. The van der Waals surface area contributed by atoms with Crippen LogP contribution in [0.3, 0.4) is 0 Å². The topological polar surface area (TPSA) is 13.1 Å². The maximum Gasteiger partial charge on any atom is 0.107 e. The van der Waals surface area contributed by atoms with Crippen molar-refractivity contribution in [3.05, 3.63) is 42.4 Å². The highest BCUT2D eigenvalue weighted by Gasteiger charge is 2.08. The van der Waals surface area contributed by atoms with E-state index in [9.17, 15) is 0 Å². The Labute approximate surface area is 86.1 Å². The van der Waals surface area contributed by atoms with Crippen molar-refractivity contribution in [1.29, 1.82) is 0 Å². The van der Waals surface area contributed by atoms with Gasteiger partial charge in [0.1, 0.15) is 5.76 Å². The molecule has 1 heteroatoms. The van der Waals surface area contributed by atoms with Gasteiger partial charge in [-0.3, -0.25) is 0 Å². The molecule has 76 valence electrons. The summed E-state index contributed by atoms with van der Waals surface area (Å²) in [6.45, 7) is 10.3. The second-order valence-corrected chi connectivity index (χ2v) is 3.57. The normalized spacial score (nSPS) is 13.4. The molecule has 0 amide bonds. The number of allylic oxidation sites excluding steroid dienone is 3. The second-order valence-electron chi connectivity index (χ2n) is 3.57. The van der Waals surface area contributed by atoms with Crippen LogP contribution in [0.25, 0.3) is 5.57 Å². The molecule has 0 radical (unpaired) electrons. The first-order valence-electron chi connectivity index (χ1n) is 5.09. The van der Waals surface area contributed by atoms with Crippen molar-refractivity contribution in [2.45, 2.75) is 33.1 Å². The third-order valence-corrected chi connectivity index (χ3v) is 2.46. The minimum absolute atomic E-state index is 0.488. The zero-order valence-electron chi connectivity index (χ0n) is 9.21. The number of rotatable bonds is 4. The Bertz CT molecular complexity index is 331. The number of furan rings is 1. The Morgan fingerprint density at radius 1 is 1.64 bits per heavy atom. The van der Waals surface area contributed by atoms with Crippen LogP contribution in [-0.4, -0.2) is 0 Å². The third kappa shape index (κ3) is 2.38. The van der Waals surface area contributed by atoms with Gasteiger partial charge in [-0.25, -0.2) is 0 Å². The fraction of sp³-hybridized carbons (Fsp3) is 0.385. The van der Waals surface area contributed by atoms with Crippen molar-refractivity contribution in [3.8, 4) is 0 Å². The minimum Gasteiger partial charge on any atom is -0.468 e. The number of hydrogen-bond acceptors (Lipinski definition) is 1. The van der Waals surface area contributed by atoms with Crippen LogP contribution in [0.4, 0.5) is 0 Å². The summed E-state index contributed by atoms with van der Waals surface area (Å²) in [6, 6.07) is 2.08. The van der Waals surface area contributed by atoms with Crippen LogP contribution in [0.1, 0.15) is 44.4 Å². The molecule has 0 saturated heterocycles. The van der Waals surface area contributed by atoms with Crippen molar-refractivity contribution in [2.75, 3.05) is 0 Å². The van der Waals surface area contributed by atoms with E-state index in [1.165, 1.54) is 0 Å². The van der Waals surface area contributed by atoms with E-state index < -0.39 is 0 Å². The summed E-state index contributed by atoms with van der Waals surface area (Å²) in [7, 11) is 0. The largest absolute Gasteiger partial charge is 0.468 e. The zero-order chi connectivity index (χ0) is 10.6. The Hall–Kier alpha value is -1.24. The summed E-state index contributed by atoms with van der Waals surface area (Å²) in [4.78, 5) is 0. The molecule has 1 aromatic heterocycles. The van der Waals surface area contributed by atoms with Gasteiger partial charge in [0.2, 0.25) is 0 Å². The molecule has 0 aromatic carbocycles. The summed E-state index contributed by atoms with van der Waals surface area (Å²) in [5.74, 6) is 1.54. The van der Waals surface area contributed by atoms with Crippen LogP contribution in [0.5, 0.6) is 0 Å². The van der Waals surface area contributed by atoms with E-state index >= 15 is 0 Å². The average Bonchev–Trinajstić information content (AvgIpc) is 2.66. The monoisotopic (exact) mass is 190 g/mol. The fourth-order valence-electron chi connectivity index (χ4n) is 1.28. The second kappa shape index (κ2) is 4.85. The minimum atomic E-state index is 0.488. The molecule has 0 spiro atoms. The summed E-state index contributed by atoms with van der Waals surface area (Å²) in [5, 5.41) is 0. The van der Waals surface area contributed by atoms with E-state index in [1.54, 1.807) is 6.26 Å². The van der Waals surface area contributed by atoms with Crippen LogP contribution in [-0.2, 0) is 0 Å². The van der Waals surface area contributed by atoms with E-state index in [2.05, 4.69) is 26.5 Å². The van der Waals surface area contributed by atoms with Crippen molar-refractivity contribution < 1.29 is 4.42 Å². The molecular weight excluding hydrogens is 172 g/mol. The molecule has 0 unspecified atom stereocenters. The van der Waals surface area contributed by atoms with Gasteiger partial charge in [0.05, 0.1) is 6.26 Å². The van der Waals surface area contributed by atoms with Gasteiger partial charge in [0, 0.05) is 11.5 Å². The molecule has 1 nitrogen and oxygen atoms in total. The van der Waals surface area contributed by atoms with Gasteiger partial charge in [0.25, 0.3) is 0 Å². The van der Waals surface area contributed by atoms with Gasteiger partial charge in [-0.1, -0.05) is 32.6 Å². The first-order chi connectivity index (χ1) is 6.69. The summed E-state index contributed by atoms with van der Waals surface area (Å²) in [6.07, 6.45) is 6.86. The van der Waals surface area contributed by atoms with Crippen molar-refractivity contribution in [1.82, 2.24) is 0 Å². The molecule has 1 atom stereocenters. The van der Waals surface area contributed by atoms with Gasteiger partial charge < -0.3 is 4.42 Å². The Balaban J connectivity index is 2.82. The highest BCUT2D eigenvalue weighted by Crippen LogP contribution is 2.24. The lowest BCUT2D eigenvalue weighted by molar-refractivity contribution is 0.469. The van der Waals surface area contributed by atoms with E-state index in [-0.39, 0.29) is 0 Å². The highest BCUT2D eigenvalue weighted by atomic mass is 16.3. The van der Waals surface area contributed by atoms with Crippen molar-refractivity contribution in [3.63, 3.8) is 0 Å². The lowest BCUT2D eigenvalue weighted by atomic mass is 10.0. The maximum absolute atomic E-state index is 5.49. The van der Waals surface area contributed by atoms with Gasteiger partial charge in [-0.2, -0.15) is 0 Å². The predicted octanol–water partition coefficient (Wildman–Crippen LogP) is 4.38. The summed E-state index contributed by atoms with van der Waals surface area (Å²) in [5.41, 5.74) is 2.09. The van der Waals surface area contributed by atoms with Crippen molar-refractivity contribution >= 4 is 5.57 Å². The molecule has 1 aromatic rings. The van der Waals surface area contributed by atoms with Crippen LogP contribution in [0, 0.1) is 0 Å². The summed E-state index contributed by atoms with van der Waals surface area (Å²) >= 11 is 0. The smallest absolute Gasteiger partial charge is 0.107 e. The molecule has 0 aliphatic heterocycles. The standard InChI is InChI=1S/C13H18O/c1-5-7-11(4)12-8-13(14-9-12)10(3)6-2/h5,7-10H,4,6H2,1-3H3/b7-5-/t10-/m0/s1. The van der Waals surface area contributed by atoms with E-state index in [4.69, 9.17) is 4.42 Å². The third-order valence-electron chi connectivity index (χ3n) is 2.46. The molecule has 0 aliphatic rings. The lowest BCUT2D eigenvalue weighted by Gasteiger charge is -2.01. The molecule has 1 rings (SSSR count). The quantitative estimate of drug-likeness (QED) is 0.642. The average molecular weight is 190 g/mol. The van der Waals surface area contributed by atoms with Crippen molar-refractivity contribution in [2.24, 2.45) is 0 Å². The molecular formula is C13H18O. The maximum atomic E-state index is 5.49. The molecule has 1 heterocycles. The van der Waals surface area contributed by atoms with Crippen LogP contribution < -0.4 is 0 Å². The first kappa shape index (κ1) is 10.8. The molecule has 0 saturated carbocycles. The summed E-state index contributed by atoms with van der Waals surface area (Å²) < 4.78 is 5.49. The predicted molar refractivity (Wildman–Crippen MR) is 61.3 cm³/mol. The lowest BCUT2D eigenvalue weighted by Crippen LogP contribution is -1.86. The Morgan fingerprint density at radius 3 is 2.93 bits per heavy atom. The van der Waals surface area contributed by atoms with Crippen LogP contribution in [0.2, 0.25) is 0 Å². The van der Waals surface area contributed by atoms with Crippen LogP contribution >= 0.6 is 0 Å². The number of hydrogen-bond donors (Lipinski definition) is 0. The van der Waals surface area contributed by atoms with Crippen LogP contribution in [0.15, 0.2) is 35.5 Å². The molecule has 0 bridgehead atoms. The SMILES string of the molecule is C=C(/C=C\C)c1coc([C@@H](C)CC)c1. The van der Waals surface area contributed by atoms with Gasteiger partial charge in [-0.05, 0) is 25.0 Å². The van der Waals surface area contributed by atoms with E-state index in [0.29, 0.717) is 5.92 Å². The zero-order valence-corrected chi connectivity index (χ0v) is 9.21. The first-order valence-corrected chi connectivity index (χ1v) is 5.09. The van der Waals surface area contributed by atoms with Gasteiger partial charge in [0.15, 0.2) is 0 Å². The highest BCUT2D eigenvalue weighted by molar-refractivity contribution is 5.71. The van der Waals surface area contributed by atoms with Gasteiger partial charge in [-0.15, -0.1) is 0 Å². The fourth-order valence-corrected chi connectivity index (χ4v) is 1.28.